The molecule has 1 fully saturated rings. The Hall–Kier alpha value is -4.05. The maximum atomic E-state index is 12.5. The van der Waals surface area contributed by atoms with Gasteiger partial charge in [0.1, 0.15) is 12.4 Å². The minimum absolute atomic E-state index is 0.130. The second-order valence-corrected chi connectivity index (χ2v) is 8.62. The van der Waals surface area contributed by atoms with Crippen molar-refractivity contribution < 1.29 is 14.0 Å². The van der Waals surface area contributed by atoms with Crippen LogP contribution in [0.15, 0.2) is 64.3 Å². The van der Waals surface area contributed by atoms with E-state index >= 15 is 0 Å². The Morgan fingerprint density at radius 2 is 1.83 bits per heavy atom. The molecule has 1 aliphatic rings. The SMILES string of the molecule is COCCOc1cccc(Cn2cc(-c3noc(-c4cnc(N5CCCCC5)nc4)n3)ccc2=O)c1. The normalized spacial score (nSPS) is 13.6. The topological polar surface area (TPSA) is 108 Å². The minimum Gasteiger partial charge on any atom is -0.491 e. The minimum atomic E-state index is -0.130. The fraction of sp³-hybridized carbons (Fsp3) is 0.346. The van der Waals surface area contributed by atoms with E-state index in [2.05, 4.69) is 25.0 Å². The van der Waals surface area contributed by atoms with E-state index < -0.39 is 0 Å². The van der Waals surface area contributed by atoms with Crippen LogP contribution in [0.1, 0.15) is 24.8 Å². The van der Waals surface area contributed by atoms with Gasteiger partial charge in [0.25, 0.3) is 11.4 Å². The number of anilines is 1. The zero-order valence-electron chi connectivity index (χ0n) is 20.2. The standard InChI is InChI=1S/C26H28N6O4/c1-34-12-13-35-22-7-5-6-19(14-22)17-32-18-20(8-9-23(32)33)24-29-25(36-30-24)21-15-27-26(28-16-21)31-10-3-2-4-11-31/h5-9,14-16,18H,2-4,10-13,17H2,1H3. The van der Waals surface area contributed by atoms with Crippen molar-refractivity contribution in [2.45, 2.75) is 25.8 Å². The highest BCUT2D eigenvalue weighted by molar-refractivity contribution is 5.58. The van der Waals surface area contributed by atoms with Crippen LogP contribution in [0.3, 0.4) is 0 Å². The summed E-state index contributed by atoms with van der Waals surface area (Å²) in [7, 11) is 1.63. The summed E-state index contributed by atoms with van der Waals surface area (Å²) in [5, 5.41) is 4.11. The monoisotopic (exact) mass is 488 g/mol. The van der Waals surface area contributed by atoms with E-state index in [0.29, 0.717) is 42.6 Å². The van der Waals surface area contributed by atoms with Gasteiger partial charge in [-0.05, 0) is 43.0 Å². The first-order valence-electron chi connectivity index (χ1n) is 12.0. The van der Waals surface area contributed by atoms with Crippen molar-refractivity contribution in [2.75, 3.05) is 38.3 Å². The van der Waals surface area contributed by atoms with Crippen LogP contribution in [0.25, 0.3) is 22.8 Å². The van der Waals surface area contributed by atoms with E-state index in [1.165, 1.54) is 12.5 Å². The summed E-state index contributed by atoms with van der Waals surface area (Å²) < 4.78 is 17.8. The Kier molecular flexibility index (Phi) is 7.32. The van der Waals surface area contributed by atoms with Gasteiger partial charge in [-0.25, -0.2) is 9.97 Å². The second-order valence-electron chi connectivity index (χ2n) is 8.62. The first-order chi connectivity index (χ1) is 17.7. The molecule has 0 N–H and O–H groups in total. The number of piperidine rings is 1. The van der Waals surface area contributed by atoms with E-state index in [9.17, 15) is 4.79 Å². The predicted molar refractivity (Wildman–Crippen MR) is 134 cm³/mol. The summed E-state index contributed by atoms with van der Waals surface area (Å²) in [6.45, 7) is 3.30. The van der Waals surface area contributed by atoms with E-state index in [-0.39, 0.29) is 5.56 Å². The number of benzene rings is 1. The highest BCUT2D eigenvalue weighted by Gasteiger charge is 2.16. The lowest BCUT2D eigenvalue weighted by Crippen LogP contribution is -2.30. The van der Waals surface area contributed by atoms with Gasteiger partial charge in [-0.1, -0.05) is 17.3 Å². The third kappa shape index (κ3) is 5.60. The molecule has 0 unspecified atom stereocenters. The van der Waals surface area contributed by atoms with Crippen molar-refractivity contribution in [1.82, 2.24) is 24.7 Å². The fourth-order valence-electron chi connectivity index (χ4n) is 4.11. The fourth-order valence-corrected chi connectivity index (χ4v) is 4.11. The second kappa shape index (κ2) is 11.1. The molecule has 1 aliphatic heterocycles. The quantitative estimate of drug-likeness (QED) is 0.327. The molecule has 0 aliphatic carbocycles. The number of hydrogen-bond donors (Lipinski definition) is 0. The zero-order valence-corrected chi connectivity index (χ0v) is 20.2. The molecule has 1 saturated heterocycles. The molecule has 0 atom stereocenters. The molecule has 0 spiro atoms. The van der Waals surface area contributed by atoms with E-state index in [0.717, 1.165) is 43.2 Å². The van der Waals surface area contributed by atoms with Crippen molar-refractivity contribution in [1.29, 1.82) is 0 Å². The van der Waals surface area contributed by atoms with Crippen molar-refractivity contribution in [3.63, 3.8) is 0 Å². The third-order valence-corrected chi connectivity index (χ3v) is 6.00. The maximum Gasteiger partial charge on any atom is 0.261 e. The summed E-state index contributed by atoms with van der Waals surface area (Å²) in [6, 6.07) is 10.8. The lowest BCUT2D eigenvalue weighted by atomic mass is 10.1. The van der Waals surface area contributed by atoms with Crippen LogP contribution in [-0.4, -0.2) is 58.1 Å². The molecule has 10 heteroatoms. The van der Waals surface area contributed by atoms with Crippen LogP contribution in [0.5, 0.6) is 5.75 Å². The molecule has 3 aromatic heterocycles. The molecule has 5 rings (SSSR count). The van der Waals surface area contributed by atoms with Crippen molar-refractivity contribution in [3.05, 3.63) is 70.9 Å². The zero-order chi connectivity index (χ0) is 24.7. The van der Waals surface area contributed by atoms with Gasteiger partial charge in [0.15, 0.2) is 0 Å². The van der Waals surface area contributed by atoms with Gasteiger partial charge in [0.2, 0.25) is 11.8 Å². The van der Waals surface area contributed by atoms with Crippen molar-refractivity contribution in [2.24, 2.45) is 0 Å². The van der Waals surface area contributed by atoms with Crippen LogP contribution in [0.4, 0.5) is 5.95 Å². The molecule has 0 bridgehead atoms. The number of pyridine rings is 1. The molecule has 1 aromatic carbocycles. The van der Waals surface area contributed by atoms with Crippen LogP contribution in [0, 0.1) is 0 Å². The Morgan fingerprint density at radius 3 is 2.64 bits per heavy atom. The molecule has 0 amide bonds. The van der Waals surface area contributed by atoms with Gasteiger partial charge >= 0.3 is 0 Å². The van der Waals surface area contributed by atoms with Gasteiger partial charge < -0.3 is 23.5 Å². The summed E-state index contributed by atoms with van der Waals surface area (Å²) in [5.41, 5.74) is 2.12. The van der Waals surface area contributed by atoms with Gasteiger partial charge in [-0.3, -0.25) is 4.79 Å². The molecule has 10 nitrogen and oxygen atoms in total. The van der Waals surface area contributed by atoms with Gasteiger partial charge in [-0.15, -0.1) is 0 Å². The number of aromatic nitrogens is 5. The first kappa shape index (κ1) is 23.7. The average Bonchev–Trinajstić information content (AvgIpc) is 3.41. The largest absolute Gasteiger partial charge is 0.491 e. The Balaban J connectivity index is 1.31. The average molecular weight is 489 g/mol. The van der Waals surface area contributed by atoms with Crippen LogP contribution in [0.2, 0.25) is 0 Å². The number of nitrogens with zero attached hydrogens (tertiary/aromatic N) is 6. The molecular formula is C26H28N6O4. The van der Waals surface area contributed by atoms with Gasteiger partial charge in [0.05, 0.1) is 18.7 Å². The smallest absolute Gasteiger partial charge is 0.261 e. The van der Waals surface area contributed by atoms with Crippen LogP contribution >= 0.6 is 0 Å². The number of methoxy groups -OCH3 is 1. The van der Waals surface area contributed by atoms with E-state index in [1.807, 2.05) is 24.3 Å². The molecule has 4 aromatic rings. The number of ether oxygens (including phenoxy) is 2. The van der Waals surface area contributed by atoms with E-state index in [4.69, 9.17) is 14.0 Å². The Morgan fingerprint density at radius 1 is 1.00 bits per heavy atom. The predicted octanol–water partition coefficient (Wildman–Crippen LogP) is 3.42. The molecule has 4 heterocycles. The van der Waals surface area contributed by atoms with Crippen LogP contribution in [-0.2, 0) is 11.3 Å². The molecule has 0 saturated carbocycles. The molecule has 0 radical (unpaired) electrons. The first-order valence-corrected chi connectivity index (χ1v) is 12.0. The lowest BCUT2D eigenvalue weighted by Gasteiger charge is -2.26. The van der Waals surface area contributed by atoms with Crippen molar-refractivity contribution >= 4 is 5.95 Å². The van der Waals surface area contributed by atoms with Crippen molar-refractivity contribution in [3.8, 4) is 28.6 Å². The van der Waals surface area contributed by atoms with E-state index in [1.54, 1.807) is 36.3 Å². The maximum absolute atomic E-state index is 12.5. The molecular weight excluding hydrogens is 460 g/mol. The number of rotatable bonds is 9. The molecule has 186 valence electrons. The molecule has 36 heavy (non-hydrogen) atoms. The summed E-state index contributed by atoms with van der Waals surface area (Å²) >= 11 is 0. The van der Waals surface area contributed by atoms with Gasteiger partial charge in [0, 0.05) is 50.4 Å². The number of hydrogen-bond acceptors (Lipinski definition) is 9. The summed E-state index contributed by atoms with van der Waals surface area (Å²) in [6.07, 6.45) is 8.71. The lowest BCUT2D eigenvalue weighted by molar-refractivity contribution is 0.146. The highest BCUT2D eigenvalue weighted by Crippen LogP contribution is 2.23. The summed E-state index contributed by atoms with van der Waals surface area (Å²) in [5.74, 6) is 2.16. The van der Waals surface area contributed by atoms with Crippen LogP contribution < -0.4 is 15.2 Å². The Labute approximate surface area is 208 Å². The summed E-state index contributed by atoms with van der Waals surface area (Å²) in [4.78, 5) is 28.2. The Bertz CT molecular complexity index is 1350. The van der Waals surface area contributed by atoms with Gasteiger partial charge in [-0.2, -0.15) is 4.98 Å². The highest BCUT2D eigenvalue weighted by atomic mass is 16.5. The third-order valence-electron chi connectivity index (χ3n) is 6.00.